The molecule has 3 heterocycles. The zero-order chi connectivity index (χ0) is 14.7. The molecule has 0 aromatic heterocycles. The van der Waals surface area contributed by atoms with Crippen molar-refractivity contribution in [3.05, 3.63) is 0 Å². The Balaban J connectivity index is 1.40. The number of hydrogen-bond donors (Lipinski definition) is 1. The summed E-state index contributed by atoms with van der Waals surface area (Å²) in [6, 6.07) is 0.346. The Morgan fingerprint density at radius 1 is 1.19 bits per heavy atom. The summed E-state index contributed by atoms with van der Waals surface area (Å²) >= 11 is 0. The second-order valence-corrected chi connectivity index (χ2v) is 6.23. The lowest BCUT2D eigenvalue weighted by molar-refractivity contribution is -0.130. The van der Waals surface area contributed by atoms with E-state index in [2.05, 4.69) is 5.32 Å². The number of carbonyl (C=O) groups excluding carboxylic acids is 2. The Hall–Kier alpha value is -1.30. The summed E-state index contributed by atoms with van der Waals surface area (Å²) in [6.07, 6.45) is 5.81. The van der Waals surface area contributed by atoms with E-state index in [1.807, 2.05) is 9.80 Å². The van der Waals surface area contributed by atoms with Crippen LogP contribution in [0.2, 0.25) is 0 Å². The van der Waals surface area contributed by atoms with Gasteiger partial charge in [-0.05, 0) is 32.1 Å². The SMILES string of the molecule is O=C(NCC1CCCO1)N1CCC(N2CCCC2=O)CC1. The van der Waals surface area contributed by atoms with E-state index in [0.717, 1.165) is 58.3 Å². The summed E-state index contributed by atoms with van der Waals surface area (Å²) in [5.41, 5.74) is 0. The first kappa shape index (κ1) is 14.6. The third-order valence-electron chi connectivity index (χ3n) is 4.81. The van der Waals surface area contributed by atoms with Gasteiger partial charge in [-0.15, -0.1) is 0 Å². The van der Waals surface area contributed by atoms with Crippen molar-refractivity contribution >= 4 is 11.9 Å². The lowest BCUT2D eigenvalue weighted by atomic mass is 10.0. The van der Waals surface area contributed by atoms with Gasteiger partial charge >= 0.3 is 6.03 Å². The lowest BCUT2D eigenvalue weighted by Crippen LogP contribution is -2.50. The topological polar surface area (TPSA) is 61.9 Å². The smallest absolute Gasteiger partial charge is 0.317 e. The summed E-state index contributed by atoms with van der Waals surface area (Å²) in [6.45, 7) is 3.81. The van der Waals surface area contributed by atoms with Gasteiger partial charge in [0.2, 0.25) is 5.91 Å². The van der Waals surface area contributed by atoms with Gasteiger partial charge in [-0.1, -0.05) is 0 Å². The molecule has 0 aromatic carbocycles. The zero-order valence-corrected chi connectivity index (χ0v) is 12.6. The molecule has 0 aromatic rings. The molecule has 6 nitrogen and oxygen atoms in total. The van der Waals surface area contributed by atoms with Gasteiger partial charge in [-0.3, -0.25) is 4.79 Å². The summed E-state index contributed by atoms with van der Waals surface area (Å²) in [5.74, 6) is 0.288. The largest absolute Gasteiger partial charge is 0.376 e. The van der Waals surface area contributed by atoms with Gasteiger partial charge in [0.25, 0.3) is 0 Å². The number of piperidine rings is 1. The van der Waals surface area contributed by atoms with Crippen molar-refractivity contribution in [2.24, 2.45) is 0 Å². The van der Waals surface area contributed by atoms with Gasteiger partial charge < -0.3 is 19.9 Å². The van der Waals surface area contributed by atoms with Crippen LogP contribution in [0.25, 0.3) is 0 Å². The maximum Gasteiger partial charge on any atom is 0.317 e. The fourth-order valence-corrected chi connectivity index (χ4v) is 3.55. The van der Waals surface area contributed by atoms with Crippen molar-refractivity contribution in [3.63, 3.8) is 0 Å². The molecular weight excluding hydrogens is 270 g/mol. The van der Waals surface area contributed by atoms with Crippen molar-refractivity contribution in [1.29, 1.82) is 0 Å². The third kappa shape index (κ3) is 3.48. The van der Waals surface area contributed by atoms with E-state index in [-0.39, 0.29) is 18.0 Å². The van der Waals surface area contributed by atoms with Crippen LogP contribution in [0.5, 0.6) is 0 Å². The number of carbonyl (C=O) groups is 2. The molecule has 3 rings (SSSR count). The average molecular weight is 295 g/mol. The van der Waals surface area contributed by atoms with Crippen molar-refractivity contribution in [2.45, 2.75) is 50.7 Å². The molecule has 3 saturated heterocycles. The van der Waals surface area contributed by atoms with Gasteiger partial charge in [0.15, 0.2) is 0 Å². The second kappa shape index (κ2) is 6.64. The van der Waals surface area contributed by atoms with Crippen molar-refractivity contribution in [1.82, 2.24) is 15.1 Å². The molecule has 1 N–H and O–H groups in total. The van der Waals surface area contributed by atoms with Crippen LogP contribution in [-0.4, -0.2) is 66.7 Å². The highest BCUT2D eigenvalue weighted by Gasteiger charge is 2.32. The molecule has 1 atom stereocenters. The van der Waals surface area contributed by atoms with Crippen molar-refractivity contribution in [3.8, 4) is 0 Å². The molecule has 0 radical (unpaired) electrons. The molecule has 0 spiro atoms. The quantitative estimate of drug-likeness (QED) is 0.843. The fourth-order valence-electron chi connectivity index (χ4n) is 3.55. The molecule has 0 aliphatic carbocycles. The standard InChI is InChI=1S/C15H25N3O3/c19-14-4-1-7-18(14)12-5-8-17(9-6-12)15(20)16-11-13-3-2-10-21-13/h12-13H,1-11H2,(H,16,20). The summed E-state index contributed by atoms with van der Waals surface area (Å²) < 4.78 is 5.51. The van der Waals surface area contributed by atoms with E-state index in [4.69, 9.17) is 4.74 Å². The summed E-state index contributed by atoms with van der Waals surface area (Å²) in [4.78, 5) is 27.8. The Morgan fingerprint density at radius 2 is 2.00 bits per heavy atom. The molecule has 0 bridgehead atoms. The predicted molar refractivity (Wildman–Crippen MR) is 77.9 cm³/mol. The molecule has 6 heteroatoms. The van der Waals surface area contributed by atoms with E-state index in [0.29, 0.717) is 19.0 Å². The minimum absolute atomic E-state index is 0.0108. The molecular formula is C15H25N3O3. The number of nitrogens with zero attached hydrogens (tertiary/aromatic N) is 2. The van der Waals surface area contributed by atoms with Crippen LogP contribution in [0.3, 0.4) is 0 Å². The Morgan fingerprint density at radius 3 is 2.62 bits per heavy atom. The monoisotopic (exact) mass is 295 g/mol. The predicted octanol–water partition coefficient (Wildman–Crippen LogP) is 0.962. The molecule has 21 heavy (non-hydrogen) atoms. The number of rotatable bonds is 3. The van der Waals surface area contributed by atoms with Crippen LogP contribution in [0, 0.1) is 0 Å². The Labute approximate surface area is 125 Å². The minimum atomic E-state index is 0.0108. The molecule has 3 amide bonds. The van der Waals surface area contributed by atoms with Crippen molar-refractivity contribution in [2.75, 3.05) is 32.8 Å². The molecule has 3 aliphatic heterocycles. The van der Waals surface area contributed by atoms with Gasteiger partial charge in [-0.2, -0.15) is 0 Å². The molecule has 0 saturated carbocycles. The van der Waals surface area contributed by atoms with E-state index < -0.39 is 0 Å². The first-order valence-electron chi connectivity index (χ1n) is 8.18. The molecule has 118 valence electrons. The van der Waals surface area contributed by atoms with Crippen LogP contribution in [0.4, 0.5) is 4.79 Å². The maximum absolute atomic E-state index is 12.1. The Bertz CT molecular complexity index is 388. The van der Waals surface area contributed by atoms with Gasteiger partial charge in [0.05, 0.1) is 6.10 Å². The van der Waals surface area contributed by atoms with Gasteiger partial charge in [-0.25, -0.2) is 4.79 Å². The van der Waals surface area contributed by atoms with E-state index in [1.165, 1.54) is 0 Å². The van der Waals surface area contributed by atoms with E-state index >= 15 is 0 Å². The number of urea groups is 1. The average Bonchev–Trinajstić information content (AvgIpc) is 3.16. The molecule has 1 unspecified atom stereocenters. The van der Waals surface area contributed by atoms with Gasteiger partial charge in [0, 0.05) is 45.2 Å². The molecule has 3 fully saturated rings. The normalized spacial score (nSPS) is 27.4. The fraction of sp³-hybridized carbons (Fsp3) is 0.867. The minimum Gasteiger partial charge on any atom is -0.376 e. The van der Waals surface area contributed by atoms with E-state index in [9.17, 15) is 9.59 Å². The first-order chi connectivity index (χ1) is 10.2. The highest BCUT2D eigenvalue weighted by atomic mass is 16.5. The second-order valence-electron chi connectivity index (χ2n) is 6.23. The van der Waals surface area contributed by atoms with Crippen LogP contribution in [0.1, 0.15) is 38.5 Å². The van der Waals surface area contributed by atoms with Gasteiger partial charge in [0.1, 0.15) is 0 Å². The number of hydrogen-bond acceptors (Lipinski definition) is 3. The van der Waals surface area contributed by atoms with Crippen LogP contribution >= 0.6 is 0 Å². The maximum atomic E-state index is 12.1. The first-order valence-corrected chi connectivity index (χ1v) is 8.18. The Kier molecular flexibility index (Phi) is 4.63. The number of ether oxygens (including phenoxy) is 1. The number of nitrogens with one attached hydrogen (secondary N) is 1. The number of likely N-dealkylation sites (tertiary alicyclic amines) is 2. The van der Waals surface area contributed by atoms with Crippen molar-refractivity contribution < 1.29 is 14.3 Å². The number of amides is 3. The van der Waals surface area contributed by atoms with Crippen LogP contribution in [0.15, 0.2) is 0 Å². The highest BCUT2D eigenvalue weighted by Crippen LogP contribution is 2.22. The van der Waals surface area contributed by atoms with E-state index in [1.54, 1.807) is 0 Å². The zero-order valence-electron chi connectivity index (χ0n) is 12.6. The lowest BCUT2D eigenvalue weighted by Gasteiger charge is -2.36. The highest BCUT2D eigenvalue weighted by molar-refractivity contribution is 5.78. The third-order valence-corrected chi connectivity index (χ3v) is 4.81. The summed E-state index contributed by atoms with van der Waals surface area (Å²) in [5, 5.41) is 2.97. The van der Waals surface area contributed by atoms with Crippen LogP contribution in [-0.2, 0) is 9.53 Å². The van der Waals surface area contributed by atoms with Crippen LogP contribution < -0.4 is 5.32 Å². The molecule has 3 aliphatic rings. The summed E-state index contributed by atoms with van der Waals surface area (Å²) in [7, 11) is 0.